The lowest BCUT2D eigenvalue weighted by Gasteiger charge is -2.42. The summed E-state index contributed by atoms with van der Waals surface area (Å²) in [5.74, 6) is -0.436. The van der Waals surface area contributed by atoms with Gasteiger partial charge in [-0.1, -0.05) is 67.8 Å². The number of carbonyl (C=O) groups excluding carboxylic acids is 2. The molecule has 35 heavy (non-hydrogen) atoms. The van der Waals surface area contributed by atoms with Crippen LogP contribution < -0.4 is 5.32 Å². The smallest absolute Gasteiger partial charge is 0.407 e. The van der Waals surface area contributed by atoms with Gasteiger partial charge < -0.3 is 20.1 Å². The zero-order chi connectivity index (χ0) is 24.4. The number of nitrogens with zero attached hydrogens (tertiary/aromatic N) is 1. The highest BCUT2D eigenvalue weighted by molar-refractivity contribution is 5.89. The first-order valence-electron chi connectivity index (χ1n) is 12.6. The molecule has 2 aromatic carbocycles. The maximum absolute atomic E-state index is 13.2. The van der Waals surface area contributed by atoms with E-state index < -0.39 is 24.5 Å². The molecule has 184 valence electrons. The molecule has 3 atom stereocenters. The molecule has 2 fully saturated rings. The molecule has 2 aromatic rings. The molecule has 3 aliphatic rings. The molecule has 7 heteroatoms. The van der Waals surface area contributed by atoms with Gasteiger partial charge in [0.05, 0.1) is 6.42 Å². The molecule has 0 spiro atoms. The summed E-state index contributed by atoms with van der Waals surface area (Å²) in [4.78, 5) is 39.2. The van der Waals surface area contributed by atoms with Gasteiger partial charge in [-0.05, 0) is 46.9 Å². The van der Waals surface area contributed by atoms with Gasteiger partial charge in [0.25, 0.3) is 0 Å². The van der Waals surface area contributed by atoms with Gasteiger partial charge in [-0.3, -0.25) is 9.59 Å². The molecule has 1 aliphatic heterocycles. The molecule has 2 N–H and O–H groups in total. The number of benzene rings is 2. The number of ether oxygens (including phenoxy) is 1. The lowest BCUT2D eigenvalue weighted by Crippen LogP contribution is -2.53. The van der Waals surface area contributed by atoms with Crippen molar-refractivity contribution in [3.05, 3.63) is 59.7 Å². The average molecular weight is 477 g/mol. The zero-order valence-corrected chi connectivity index (χ0v) is 19.8. The fourth-order valence-electron chi connectivity index (χ4n) is 6.18. The maximum Gasteiger partial charge on any atom is 0.407 e. The molecular weight excluding hydrogens is 444 g/mol. The SMILES string of the molecule is O=C(O)CC(NC(=O)OCC1c2ccccc2-c2ccccc21)C(=O)N1CCC2CCCCC2C1. The number of amides is 2. The Labute approximate surface area is 205 Å². The molecule has 0 aromatic heterocycles. The van der Waals surface area contributed by atoms with Crippen LogP contribution in [0.1, 0.15) is 55.6 Å². The normalized spacial score (nSPS) is 21.9. The number of fused-ring (bicyclic) bond motifs is 4. The summed E-state index contributed by atoms with van der Waals surface area (Å²) in [6.45, 7) is 1.37. The largest absolute Gasteiger partial charge is 0.481 e. The van der Waals surface area contributed by atoms with E-state index in [0.717, 1.165) is 35.1 Å². The van der Waals surface area contributed by atoms with Crippen molar-refractivity contribution in [2.24, 2.45) is 11.8 Å². The summed E-state index contributed by atoms with van der Waals surface area (Å²) in [6.07, 6.45) is 4.47. The highest BCUT2D eigenvalue weighted by atomic mass is 16.5. The van der Waals surface area contributed by atoms with E-state index in [9.17, 15) is 19.5 Å². The lowest BCUT2D eigenvalue weighted by atomic mass is 9.75. The van der Waals surface area contributed by atoms with Crippen LogP contribution in [0.5, 0.6) is 0 Å². The van der Waals surface area contributed by atoms with Gasteiger partial charge in [0, 0.05) is 19.0 Å². The summed E-state index contributed by atoms with van der Waals surface area (Å²) in [5.41, 5.74) is 4.44. The first kappa shape index (κ1) is 23.4. The topological polar surface area (TPSA) is 95.9 Å². The van der Waals surface area contributed by atoms with Crippen LogP contribution >= 0.6 is 0 Å². The van der Waals surface area contributed by atoms with E-state index in [4.69, 9.17) is 4.74 Å². The fraction of sp³-hybridized carbons (Fsp3) is 0.464. The number of carboxylic acids is 1. The summed E-state index contributed by atoms with van der Waals surface area (Å²) in [5, 5.41) is 11.9. The third-order valence-corrected chi connectivity index (χ3v) is 7.92. The van der Waals surface area contributed by atoms with Crippen LogP contribution in [0.3, 0.4) is 0 Å². The van der Waals surface area contributed by atoms with E-state index in [1.165, 1.54) is 19.3 Å². The van der Waals surface area contributed by atoms with Crippen LogP contribution in [0, 0.1) is 11.8 Å². The second-order valence-electron chi connectivity index (χ2n) is 10.00. The molecule has 1 heterocycles. The molecule has 3 unspecified atom stereocenters. The molecule has 2 amide bonds. The third kappa shape index (κ3) is 4.90. The zero-order valence-electron chi connectivity index (χ0n) is 19.8. The van der Waals surface area contributed by atoms with Crippen molar-refractivity contribution < 1.29 is 24.2 Å². The van der Waals surface area contributed by atoms with Gasteiger partial charge in [-0.25, -0.2) is 4.79 Å². The number of carboxylic acid groups (broad SMARTS) is 1. The Hall–Kier alpha value is -3.35. The van der Waals surface area contributed by atoms with Crippen molar-refractivity contribution >= 4 is 18.0 Å². The molecule has 0 bridgehead atoms. The van der Waals surface area contributed by atoms with Crippen LogP contribution in [0.15, 0.2) is 48.5 Å². The number of carbonyl (C=O) groups is 3. The Bertz CT molecular complexity index is 1070. The minimum absolute atomic E-state index is 0.105. The van der Waals surface area contributed by atoms with E-state index in [1.807, 2.05) is 36.4 Å². The Morgan fingerprint density at radius 1 is 0.943 bits per heavy atom. The van der Waals surface area contributed by atoms with E-state index in [0.29, 0.717) is 24.9 Å². The first-order valence-corrected chi connectivity index (χ1v) is 12.6. The van der Waals surface area contributed by atoms with Crippen molar-refractivity contribution in [1.29, 1.82) is 0 Å². The predicted molar refractivity (Wildman–Crippen MR) is 131 cm³/mol. The Kier molecular flexibility index (Phi) is 6.75. The number of hydrogen-bond acceptors (Lipinski definition) is 4. The van der Waals surface area contributed by atoms with Crippen LogP contribution in [0.2, 0.25) is 0 Å². The van der Waals surface area contributed by atoms with E-state index in [2.05, 4.69) is 17.4 Å². The van der Waals surface area contributed by atoms with E-state index in [-0.39, 0.29) is 18.4 Å². The van der Waals surface area contributed by atoms with Gasteiger partial charge >= 0.3 is 12.1 Å². The van der Waals surface area contributed by atoms with E-state index >= 15 is 0 Å². The summed E-state index contributed by atoms with van der Waals surface area (Å²) < 4.78 is 5.56. The number of hydrogen-bond donors (Lipinski definition) is 2. The van der Waals surface area contributed by atoms with Crippen molar-refractivity contribution in [2.75, 3.05) is 19.7 Å². The molecule has 1 saturated carbocycles. The number of rotatable bonds is 6. The second kappa shape index (κ2) is 10.1. The van der Waals surface area contributed by atoms with Crippen LogP contribution in [-0.2, 0) is 14.3 Å². The Morgan fingerprint density at radius 3 is 2.23 bits per heavy atom. The molecule has 5 rings (SSSR count). The second-order valence-corrected chi connectivity index (χ2v) is 10.00. The van der Waals surface area contributed by atoms with Gasteiger partial charge in [0.2, 0.25) is 5.91 Å². The highest BCUT2D eigenvalue weighted by Gasteiger charge is 2.37. The van der Waals surface area contributed by atoms with Crippen molar-refractivity contribution in [3.63, 3.8) is 0 Å². The summed E-state index contributed by atoms with van der Waals surface area (Å²) in [7, 11) is 0. The quantitative estimate of drug-likeness (QED) is 0.644. The fourth-order valence-corrected chi connectivity index (χ4v) is 6.18. The number of alkyl carbamates (subject to hydrolysis) is 1. The molecule has 2 aliphatic carbocycles. The number of aliphatic carboxylic acids is 1. The highest BCUT2D eigenvalue weighted by Crippen LogP contribution is 2.44. The third-order valence-electron chi connectivity index (χ3n) is 7.92. The van der Waals surface area contributed by atoms with Gasteiger partial charge in [0.15, 0.2) is 0 Å². The monoisotopic (exact) mass is 476 g/mol. The minimum atomic E-state index is -1.14. The average Bonchev–Trinajstić information content (AvgIpc) is 3.20. The number of nitrogens with one attached hydrogen (secondary N) is 1. The van der Waals surface area contributed by atoms with Crippen LogP contribution in [0.4, 0.5) is 4.79 Å². The van der Waals surface area contributed by atoms with E-state index in [1.54, 1.807) is 4.90 Å². The van der Waals surface area contributed by atoms with Crippen molar-refractivity contribution in [2.45, 2.75) is 50.5 Å². The van der Waals surface area contributed by atoms with Crippen molar-refractivity contribution in [3.8, 4) is 11.1 Å². The predicted octanol–water partition coefficient (Wildman–Crippen LogP) is 4.41. The Balaban J connectivity index is 1.23. The number of likely N-dealkylation sites (tertiary alicyclic amines) is 1. The minimum Gasteiger partial charge on any atom is -0.481 e. The Morgan fingerprint density at radius 2 is 1.57 bits per heavy atom. The standard InChI is InChI=1S/C28H32N2O5/c31-26(32)15-25(27(33)30-14-13-18-7-1-2-8-19(18)16-30)29-28(34)35-17-24-22-11-5-3-9-20(22)21-10-4-6-12-23(21)24/h3-6,9-12,18-19,24-25H,1-2,7-8,13-17H2,(H,29,34)(H,31,32). The first-order chi connectivity index (χ1) is 17.0. The van der Waals surface area contributed by atoms with Crippen molar-refractivity contribution in [1.82, 2.24) is 10.2 Å². The van der Waals surface area contributed by atoms with Crippen LogP contribution in [0.25, 0.3) is 11.1 Å². The van der Waals surface area contributed by atoms with Gasteiger partial charge in [-0.15, -0.1) is 0 Å². The molecule has 7 nitrogen and oxygen atoms in total. The maximum atomic E-state index is 13.2. The molecular formula is C28H32N2O5. The summed E-state index contributed by atoms with van der Waals surface area (Å²) >= 11 is 0. The number of piperidine rings is 1. The molecule has 1 saturated heterocycles. The summed E-state index contributed by atoms with van der Waals surface area (Å²) in [6, 6.07) is 15.0. The van der Waals surface area contributed by atoms with Crippen LogP contribution in [-0.4, -0.2) is 53.7 Å². The van der Waals surface area contributed by atoms with Gasteiger partial charge in [0.1, 0.15) is 12.6 Å². The molecule has 0 radical (unpaired) electrons. The van der Waals surface area contributed by atoms with Gasteiger partial charge in [-0.2, -0.15) is 0 Å². The lowest BCUT2D eigenvalue weighted by molar-refractivity contribution is -0.144.